The summed E-state index contributed by atoms with van der Waals surface area (Å²) in [5.41, 5.74) is 0.645. The summed E-state index contributed by atoms with van der Waals surface area (Å²) in [5.74, 6) is 1.65. The average Bonchev–Trinajstić information content (AvgIpc) is 2.80. The average molecular weight is 314 g/mol. The van der Waals surface area contributed by atoms with Gasteiger partial charge in [-0.25, -0.2) is 9.67 Å². The third kappa shape index (κ3) is 3.32. The van der Waals surface area contributed by atoms with Crippen molar-refractivity contribution in [3.8, 4) is 0 Å². The third-order valence-corrected chi connectivity index (χ3v) is 3.65. The maximum Gasteiger partial charge on any atom is 0.150 e. The molecule has 1 N–H and O–H groups in total. The van der Waals surface area contributed by atoms with Crippen LogP contribution in [-0.4, -0.2) is 19.9 Å². The fraction of sp³-hybridized carbons (Fsp3) is 0.429. The van der Waals surface area contributed by atoms with Crippen molar-refractivity contribution < 1.29 is 5.11 Å². The van der Waals surface area contributed by atoms with Crippen molar-refractivity contribution >= 4 is 23.2 Å². The maximum absolute atomic E-state index is 10.3. The number of aliphatic hydroxyl groups is 1. The molecule has 2 rings (SSSR count). The largest absolute Gasteiger partial charge is 0.386 e. The first-order valence-corrected chi connectivity index (χ1v) is 7.36. The van der Waals surface area contributed by atoms with Crippen molar-refractivity contribution in [2.45, 2.75) is 39.3 Å². The number of aryl methyl sites for hydroxylation is 2. The Morgan fingerprint density at radius 1 is 1.25 bits per heavy atom. The van der Waals surface area contributed by atoms with E-state index in [1.54, 1.807) is 22.9 Å². The molecule has 6 heteroatoms. The first-order valence-electron chi connectivity index (χ1n) is 6.60. The van der Waals surface area contributed by atoms with Crippen LogP contribution in [0.5, 0.6) is 0 Å². The van der Waals surface area contributed by atoms with Crippen LogP contribution in [0.3, 0.4) is 0 Å². The molecule has 1 aromatic carbocycles. The molecule has 0 saturated heterocycles. The van der Waals surface area contributed by atoms with Gasteiger partial charge in [-0.2, -0.15) is 5.10 Å². The van der Waals surface area contributed by atoms with E-state index in [1.807, 2.05) is 13.8 Å². The number of nitrogens with zero attached hydrogens (tertiary/aromatic N) is 3. The van der Waals surface area contributed by atoms with Gasteiger partial charge in [-0.3, -0.25) is 0 Å². The Kier molecular flexibility index (Phi) is 5.02. The van der Waals surface area contributed by atoms with Crippen LogP contribution in [0, 0.1) is 0 Å². The predicted octanol–water partition coefficient (Wildman–Crippen LogP) is 3.44. The van der Waals surface area contributed by atoms with Crippen molar-refractivity contribution in [3.05, 3.63) is 45.5 Å². The van der Waals surface area contributed by atoms with Crippen molar-refractivity contribution in [2.75, 3.05) is 0 Å². The minimum absolute atomic E-state index is 0.331. The number of hydrogen-bond donors (Lipinski definition) is 1. The van der Waals surface area contributed by atoms with E-state index in [9.17, 15) is 5.11 Å². The van der Waals surface area contributed by atoms with Gasteiger partial charge in [0.2, 0.25) is 0 Å². The second kappa shape index (κ2) is 6.57. The van der Waals surface area contributed by atoms with Gasteiger partial charge in [0.25, 0.3) is 0 Å². The summed E-state index contributed by atoms with van der Waals surface area (Å²) in [7, 11) is 0. The number of aliphatic hydroxyl groups excluding tert-OH is 1. The molecule has 1 unspecified atom stereocenters. The number of halogens is 2. The Labute approximate surface area is 128 Å². The molecule has 0 fully saturated rings. The zero-order valence-corrected chi connectivity index (χ0v) is 13.0. The van der Waals surface area contributed by atoms with Gasteiger partial charge >= 0.3 is 0 Å². The molecule has 0 aliphatic carbocycles. The minimum Gasteiger partial charge on any atom is -0.386 e. The van der Waals surface area contributed by atoms with Crippen molar-refractivity contribution in [1.82, 2.24) is 14.8 Å². The summed E-state index contributed by atoms with van der Waals surface area (Å²) >= 11 is 12.0. The SMILES string of the molecule is CCc1nc(CC)n(CC(O)c2ccc(Cl)cc2Cl)n1. The van der Waals surface area contributed by atoms with Gasteiger partial charge in [-0.05, 0) is 12.1 Å². The predicted molar refractivity (Wildman–Crippen MR) is 80.2 cm³/mol. The Bertz CT molecular complexity index is 598. The summed E-state index contributed by atoms with van der Waals surface area (Å²) in [6.45, 7) is 4.35. The van der Waals surface area contributed by atoms with Gasteiger partial charge in [0.1, 0.15) is 11.9 Å². The summed E-state index contributed by atoms with van der Waals surface area (Å²) in [4.78, 5) is 4.42. The van der Waals surface area contributed by atoms with Gasteiger partial charge in [-0.1, -0.05) is 43.1 Å². The molecular formula is C14H17Cl2N3O. The topological polar surface area (TPSA) is 50.9 Å². The molecular weight excluding hydrogens is 297 g/mol. The molecule has 0 radical (unpaired) electrons. The summed E-state index contributed by atoms with van der Waals surface area (Å²) < 4.78 is 1.74. The molecule has 1 heterocycles. The lowest BCUT2D eigenvalue weighted by molar-refractivity contribution is 0.150. The normalized spacial score (nSPS) is 12.7. The summed E-state index contributed by atoms with van der Waals surface area (Å²) in [6.07, 6.45) is 0.808. The quantitative estimate of drug-likeness (QED) is 0.920. The number of aromatic nitrogens is 3. The lowest BCUT2D eigenvalue weighted by atomic mass is 10.1. The van der Waals surface area contributed by atoms with E-state index < -0.39 is 6.10 Å². The van der Waals surface area contributed by atoms with E-state index in [4.69, 9.17) is 23.2 Å². The Balaban J connectivity index is 2.22. The van der Waals surface area contributed by atoms with Gasteiger partial charge in [0.15, 0.2) is 5.82 Å². The van der Waals surface area contributed by atoms with Crippen molar-refractivity contribution in [2.24, 2.45) is 0 Å². The van der Waals surface area contributed by atoms with E-state index in [0.717, 1.165) is 24.5 Å². The summed E-state index contributed by atoms with van der Waals surface area (Å²) in [6, 6.07) is 5.07. The second-order valence-electron chi connectivity index (χ2n) is 4.52. The van der Waals surface area contributed by atoms with E-state index in [0.29, 0.717) is 22.2 Å². The van der Waals surface area contributed by atoms with Crippen LogP contribution in [0.4, 0.5) is 0 Å². The monoisotopic (exact) mass is 313 g/mol. The number of rotatable bonds is 5. The third-order valence-electron chi connectivity index (χ3n) is 3.09. The Hall–Kier alpha value is -1.10. The molecule has 0 spiro atoms. The maximum atomic E-state index is 10.3. The molecule has 2 aromatic rings. The molecule has 0 aliphatic rings. The van der Waals surface area contributed by atoms with Crippen LogP contribution >= 0.6 is 23.2 Å². The zero-order valence-electron chi connectivity index (χ0n) is 11.5. The molecule has 0 saturated carbocycles. The van der Waals surface area contributed by atoms with Crippen molar-refractivity contribution in [1.29, 1.82) is 0 Å². The number of benzene rings is 1. The van der Waals surface area contributed by atoms with Crippen LogP contribution in [0.1, 0.15) is 37.2 Å². The second-order valence-corrected chi connectivity index (χ2v) is 5.36. The fourth-order valence-electron chi connectivity index (χ4n) is 2.02. The van der Waals surface area contributed by atoms with E-state index in [2.05, 4.69) is 10.1 Å². The van der Waals surface area contributed by atoms with Crippen LogP contribution < -0.4 is 0 Å². The first-order chi connectivity index (χ1) is 9.55. The summed E-state index contributed by atoms with van der Waals surface area (Å²) in [5, 5.41) is 15.7. The van der Waals surface area contributed by atoms with E-state index >= 15 is 0 Å². The van der Waals surface area contributed by atoms with E-state index in [1.165, 1.54) is 0 Å². The standard InChI is InChI=1S/C14H17Cl2N3O/c1-3-13-17-14(4-2)19(18-13)8-12(20)10-6-5-9(15)7-11(10)16/h5-7,12,20H,3-4,8H2,1-2H3. The highest BCUT2D eigenvalue weighted by Gasteiger charge is 2.16. The first kappa shape index (κ1) is 15.3. The van der Waals surface area contributed by atoms with Gasteiger partial charge in [0, 0.05) is 28.5 Å². The molecule has 0 aliphatic heterocycles. The molecule has 0 amide bonds. The van der Waals surface area contributed by atoms with Gasteiger partial charge in [0.05, 0.1) is 6.54 Å². The van der Waals surface area contributed by atoms with Crippen LogP contribution in [0.2, 0.25) is 10.0 Å². The number of hydrogen-bond acceptors (Lipinski definition) is 3. The van der Waals surface area contributed by atoms with Crippen LogP contribution in [0.15, 0.2) is 18.2 Å². The molecule has 1 aromatic heterocycles. The van der Waals surface area contributed by atoms with Gasteiger partial charge in [-0.15, -0.1) is 0 Å². The smallest absolute Gasteiger partial charge is 0.150 e. The van der Waals surface area contributed by atoms with Crippen molar-refractivity contribution in [3.63, 3.8) is 0 Å². The molecule has 0 bridgehead atoms. The lowest BCUT2D eigenvalue weighted by Gasteiger charge is -2.14. The fourth-order valence-corrected chi connectivity index (χ4v) is 2.55. The van der Waals surface area contributed by atoms with E-state index in [-0.39, 0.29) is 0 Å². The molecule has 20 heavy (non-hydrogen) atoms. The molecule has 108 valence electrons. The highest BCUT2D eigenvalue weighted by Crippen LogP contribution is 2.27. The minimum atomic E-state index is -0.739. The Morgan fingerprint density at radius 2 is 2.00 bits per heavy atom. The van der Waals surface area contributed by atoms with Crippen LogP contribution in [-0.2, 0) is 19.4 Å². The molecule has 1 atom stereocenters. The van der Waals surface area contributed by atoms with Crippen LogP contribution in [0.25, 0.3) is 0 Å². The van der Waals surface area contributed by atoms with Gasteiger partial charge < -0.3 is 5.11 Å². The highest BCUT2D eigenvalue weighted by molar-refractivity contribution is 6.35. The Morgan fingerprint density at radius 3 is 2.60 bits per heavy atom. The molecule has 4 nitrogen and oxygen atoms in total. The zero-order chi connectivity index (χ0) is 14.7. The highest BCUT2D eigenvalue weighted by atomic mass is 35.5. The lowest BCUT2D eigenvalue weighted by Crippen LogP contribution is -2.13.